The fourth-order valence-electron chi connectivity index (χ4n) is 1.23. The minimum atomic E-state index is 1.18. The van der Waals surface area contributed by atoms with Crippen molar-refractivity contribution in [3.05, 3.63) is 11.1 Å². The molecule has 1 aliphatic heterocycles. The van der Waals surface area contributed by atoms with Crippen molar-refractivity contribution < 1.29 is 0 Å². The van der Waals surface area contributed by atoms with Crippen LogP contribution < -0.4 is 5.32 Å². The fourth-order valence-corrected chi connectivity index (χ4v) is 1.23. The first kappa shape index (κ1) is 6.81. The average molecular weight is 125 g/mol. The average Bonchev–Trinajstić information content (AvgIpc) is 1.90. The van der Waals surface area contributed by atoms with E-state index in [0.717, 1.165) is 0 Å². The SMILES string of the molecule is CC(C)=C1CCNCC1. The second-order valence-corrected chi connectivity index (χ2v) is 2.85. The second-order valence-electron chi connectivity index (χ2n) is 2.85. The van der Waals surface area contributed by atoms with Crippen LogP contribution >= 0.6 is 0 Å². The smallest absolute Gasteiger partial charge is 0.00114 e. The molecule has 0 aromatic heterocycles. The zero-order chi connectivity index (χ0) is 6.69. The van der Waals surface area contributed by atoms with Gasteiger partial charge in [-0.1, -0.05) is 11.1 Å². The van der Waals surface area contributed by atoms with Crippen molar-refractivity contribution in [2.24, 2.45) is 0 Å². The van der Waals surface area contributed by atoms with Gasteiger partial charge in [0.05, 0.1) is 0 Å². The van der Waals surface area contributed by atoms with Gasteiger partial charge in [0.2, 0.25) is 0 Å². The number of hydrogen-bond acceptors (Lipinski definition) is 1. The molecule has 0 amide bonds. The van der Waals surface area contributed by atoms with Gasteiger partial charge in [-0.3, -0.25) is 0 Å². The van der Waals surface area contributed by atoms with E-state index in [9.17, 15) is 0 Å². The zero-order valence-corrected chi connectivity index (χ0v) is 6.33. The first-order valence-corrected chi connectivity index (χ1v) is 3.66. The van der Waals surface area contributed by atoms with Gasteiger partial charge in [-0.2, -0.15) is 0 Å². The first-order chi connectivity index (χ1) is 4.30. The summed E-state index contributed by atoms with van der Waals surface area (Å²) in [6, 6.07) is 0. The second kappa shape index (κ2) is 3.02. The number of nitrogens with one attached hydrogen (secondary N) is 1. The molecule has 1 saturated heterocycles. The van der Waals surface area contributed by atoms with Gasteiger partial charge in [-0.05, 0) is 39.8 Å². The predicted molar refractivity (Wildman–Crippen MR) is 40.5 cm³/mol. The fraction of sp³-hybridized carbons (Fsp3) is 0.750. The van der Waals surface area contributed by atoms with Gasteiger partial charge in [0.1, 0.15) is 0 Å². The molecule has 1 rings (SSSR count). The Kier molecular flexibility index (Phi) is 2.29. The molecule has 9 heavy (non-hydrogen) atoms. The molecule has 0 atom stereocenters. The quantitative estimate of drug-likeness (QED) is 0.486. The van der Waals surface area contributed by atoms with Crippen LogP contribution in [0.3, 0.4) is 0 Å². The molecule has 1 heterocycles. The molecule has 0 unspecified atom stereocenters. The summed E-state index contributed by atoms with van der Waals surface area (Å²) in [5.41, 5.74) is 3.19. The molecule has 1 N–H and O–H groups in total. The molecule has 0 spiro atoms. The highest BCUT2D eigenvalue weighted by Gasteiger charge is 2.04. The summed E-state index contributed by atoms with van der Waals surface area (Å²) in [5.74, 6) is 0. The van der Waals surface area contributed by atoms with E-state index in [1.807, 2.05) is 0 Å². The molecule has 1 heteroatoms. The Morgan fingerprint density at radius 2 is 1.78 bits per heavy atom. The van der Waals surface area contributed by atoms with Crippen LogP contribution in [0.1, 0.15) is 26.7 Å². The van der Waals surface area contributed by atoms with Gasteiger partial charge in [0.15, 0.2) is 0 Å². The van der Waals surface area contributed by atoms with Crippen LogP contribution in [0.4, 0.5) is 0 Å². The standard InChI is InChI=1S/C8H15N/c1-7(2)8-3-5-9-6-4-8/h9H,3-6H2,1-2H3. The molecule has 1 nitrogen and oxygen atoms in total. The van der Waals surface area contributed by atoms with Crippen molar-refractivity contribution >= 4 is 0 Å². The third-order valence-corrected chi connectivity index (χ3v) is 1.91. The van der Waals surface area contributed by atoms with E-state index >= 15 is 0 Å². The largest absolute Gasteiger partial charge is 0.316 e. The van der Waals surface area contributed by atoms with E-state index in [2.05, 4.69) is 19.2 Å². The predicted octanol–water partition coefficient (Wildman–Crippen LogP) is 1.71. The molecule has 52 valence electrons. The summed E-state index contributed by atoms with van der Waals surface area (Å²) in [5, 5.41) is 3.34. The summed E-state index contributed by atoms with van der Waals surface area (Å²) >= 11 is 0. The number of allylic oxidation sites excluding steroid dienone is 1. The Labute approximate surface area is 57.1 Å². The maximum atomic E-state index is 3.34. The van der Waals surface area contributed by atoms with Gasteiger partial charge in [0, 0.05) is 0 Å². The molecular formula is C8H15N. The summed E-state index contributed by atoms with van der Waals surface area (Å²) in [6.45, 7) is 6.78. The highest BCUT2D eigenvalue weighted by atomic mass is 14.9. The summed E-state index contributed by atoms with van der Waals surface area (Å²) in [4.78, 5) is 0. The van der Waals surface area contributed by atoms with Crippen LogP contribution in [0.25, 0.3) is 0 Å². The summed E-state index contributed by atoms with van der Waals surface area (Å²) in [7, 11) is 0. The minimum absolute atomic E-state index is 1.18. The van der Waals surface area contributed by atoms with Crippen LogP contribution in [0.15, 0.2) is 11.1 Å². The highest BCUT2D eigenvalue weighted by molar-refractivity contribution is 5.11. The Balaban J connectivity index is 2.49. The lowest BCUT2D eigenvalue weighted by molar-refractivity contribution is 0.604. The van der Waals surface area contributed by atoms with Gasteiger partial charge in [-0.25, -0.2) is 0 Å². The van der Waals surface area contributed by atoms with Crippen molar-refractivity contribution in [3.8, 4) is 0 Å². The van der Waals surface area contributed by atoms with Gasteiger partial charge < -0.3 is 5.32 Å². The van der Waals surface area contributed by atoms with Crippen molar-refractivity contribution in [2.75, 3.05) is 13.1 Å². The Morgan fingerprint density at radius 1 is 1.22 bits per heavy atom. The first-order valence-electron chi connectivity index (χ1n) is 3.66. The van der Waals surface area contributed by atoms with E-state index in [4.69, 9.17) is 0 Å². The molecule has 0 bridgehead atoms. The zero-order valence-electron chi connectivity index (χ0n) is 6.33. The van der Waals surface area contributed by atoms with Crippen LogP contribution in [0.5, 0.6) is 0 Å². The van der Waals surface area contributed by atoms with Crippen LogP contribution in [-0.4, -0.2) is 13.1 Å². The summed E-state index contributed by atoms with van der Waals surface area (Å²) in [6.07, 6.45) is 2.53. The van der Waals surface area contributed by atoms with E-state index in [-0.39, 0.29) is 0 Å². The molecule has 0 radical (unpaired) electrons. The lowest BCUT2D eigenvalue weighted by atomic mass is 10.0. The molecule has 0 aromatic carbocycles. The van der Waals surface area contributed by atoms with E-state index in [0.29, 0.717) is 0 Å². The minimum Gasteiger partial charge on any atom is -0.316 e. The lowest BCUT2D eigenvalue weighted by Gasteiger charge is -2.16. The number of rotatable bonds is 0. The highest BCUT2D eigenvalue weighted by Crippen LogP contribution is 2.13. The maximum absolute atomic E-state index is 3.34. The van der Waals surface area contributed by atoms with E-state index in [1.54, 1.807) is 5.57 Å². The Hall–Kier alpha value is -0.300. The van der Waals surface area contributed by atoms with E-state index < -0.39 is 0 Å². The Bertz CT molecular complexity index is 113. The molecule has 0 saturated carbocycles. The van der Waals surface area contributed by atoms with Crippen molar-refractivity contribution in [1.29, 1.82) is 0 Å². The van der Waals surface area contributed by atoms with Crippen LogP contribution in [0, 0.1) is 0 Å². The third kappa shape index (κ3) is 1.83. The summed E-state index contributed by atoms with van der Waals surface area (Å²) < 4.78 is 0. The molecule has 0 aliphatic carbocycles. The van der Waals surface area contributed by atoms with Crippen LogP contribution in [-0.2, 0) is 0 Å². The molecule has 0 aromatic rings. The molecule has 1 aliphatic rings. The normalized spacial score (nSPS) is 20.0. The number of hydrogen-bond donors (Lipinski definition) is 1. The molecular weight excluding hydrogens is 110 g/mol. The van der Waals surface area contributed by atoms with Gasteiger partial charge in [0.25, 0.3) is 0 Å². The lowest BCUT2D eigenvalue weighted by Crippen LogP contribution is -2.23. The molecule has 1 fully saturated rings. The Morgan fingerprint density at radius 3 is 2.11 bits per heavy atom. The van der Waals surface area contributed by atoms with Crippen molar-refractivity contribution in [2.45, 2.75) is 26.7 Å². The third-order valence-electron chi connectivity index (χ3n) is 1.91. The van der Waals surface area contributed by atoms with Gasteiger partial charge >= 0.3 is 0 Å². The van der Waals surface area contributed by atoms with Crippen LogP contribution in [0.2, 0.25) is 0 Å². The van der Waals surface area contributed by atoms with Crippen molar-refractivity contribution in [1.82, 2.24) is 5.32 Å². The number of piperidine rings is 1. The maximum Gasteiger partial charge on any atom is -0.00114 e. The topological polar surface area (TPSA) is 12.0 Å². The van der Waals surface area contributed by atoms with Crippen molar-refractivity contribution in [3.63, 3.8) is 0 Å². The van der Waals surface area contributed by atoms with Gasteiger partial charge in [-0.15, -0.1) is 0 Å². The van der Waals surface area contributed by atoms with E-state index in [1.165, 1.54) is 31.5 Å². The monoisotopic (exact) mass is 125 g/mol.